The molecule has 0 N–H and O–H groups in total. The van der Waals surface area contributed by atoms with E-state index in [2.05, 4.69) is 0 Å². The Morgan fingerprint density at radius 2 is 1.73 bits per heavy atom. The van der Waals surface area contributed by atoms with Gasteiger partial charge in [-0.2, -0.15) is 0 Å². The molecule has 0 saturated heterocycles. The summed E-state index contributed by atoms with van der Waals surface area (Å²) in [5, 5.41) is 0. The van der Waals surface area contributed by atoms with Crippen molar-refractivity contribution in [1.29, 1.82) is 0 Å². The van der Waals surface area contributed by atoms with Crippen molar-refractivity contribution in [2.24, 2.45) is 0 Å². The average Bonchev–Trinajstić information content (AvgIpc) is 3.27. The first kappa shape index (κ1) is 16.1. The standard InChI is InChI=1S/C22H16O4/c1-25-22(24)19-9-5-4-8-18(19)20-11-10-16(26-20)13-15-12-14-6-2-3-7-17(14)21(15)23/h2-11,13H,12H2,1H3. The van der Waals surface area contributed by atoms with Gasteiger partial charge in [0.15, 0.2) is 5.78 Å². The Hall–Kier alpha value is -3.40. The summed E-state index contributed by atoms with van der Waals surface area (Å²) in [6.07, 6.45) is 2.37. The fraction of sp³-hybridized carbons (Fsp3) is 0.0909. The Morgan fingerprint density at radius 3 is 2.50 bits per heavy atom. The number of ketones is 1. The zero-order valence-electron chi connectivity index (χ0n) is 14.2. The number of benzene rings is 2. The van der Waals surface area contributed by atoms with Crippen molar-refractivity contribution < 1.29 is 18.7 Å². The Balaban J connectivity index is 1.67. The van der Waals surface area contributed by atoms with E-state index in [4.69, 9.17) is 9.15 Å². The predicted octanol–water partition coefficient (Wildman–Crippen LogP) is 4.56. The molecule has 1 aliphatic carbocycles. The molecule has 1 aromatic heterocycles. The van der Waals surface area contributed by atoms with Crippen LogP contribution in [0.3, 0.4) is 0 Å². The molecule has 4 rings (SSSR count). The van der Waals surface area contributed by atoms with Crippen LogP contribution < -0.4 is 0 Å². The van der Waals surface area contributed by atoms with E-state index in [9.17, 15) is 9.59 Å². The molecule has 26 heavy (non-hydrogen) atoms. The minimum Gasteiger partial charge on any atom is -0.465 e. The normalized spacial score (nSPS) is 14.5. The summed E-state index contributed by atoms with van der Waals surface area (Å²) in [5.74, 6) is 0.753. The second-order valence-electron chi connectivity index (χ2n) is 6.07. The van der Waals surface area contributed by atoms with Crippen molar-refractivity contribution in [3.05, 3.63) is 88.7 Å². The third kappa shape index (κ3) is 2.75. The maximum absolute atomic E-state index is 12.5. The molecule has 0 radical (unpaired) electrons. The highest BCUT2D eigenvalue weighted by Gasteiger charge is 2.24. The van der Waals surface area contributed by atoms with Gasteiger partial charge < -0.3 is 9.15 Å². The molecular weight excluding hydrogens is 328 g/mol. The number of hydrogen-bond acceptors (Lipinski definition) is 4. The monoisotopic (exact) mass is 344 g/mol. The van der Waals surface area contributed by atoms with Crippen molar-refractivity contribution in [2.75, 3.05) is 7.11 Å². The van der Waals surface area contributed by atoms with Gasteiger partial charge in [0.25, 0.3) is 0 Å². The van der Waals surface area contributed by atoms with Crippen molar-refractivity contribution in [3.63, 3.8) is 0 Å². The van der Waals surface area contributed by atoms with E-state index in [0.29, 0.717) is 34.6 Å². The van der Waals surface area contributed by atoms with Crippen LogP contribution in [0.2, 0.25) is 0 Å². The largest absolute Gasteiger partial charge is 0.465 e. The van der Waals surface area contributed by atoms with E-state index in [-0.39, 0.29) is 5.78 Å². The molecule has 0 saturated carbocycles. The summed E-state index contributed by atoms with van der Waals surface area (Å²) in [6.45, 7) is 0. The number of methoxy groups -OCH3 is 1. The molecule has 0 spiro atoms. The first-order valence-corrected chi connectivity index (χ1v) is 8.28. The van der Waals surface area contributed by atoms with Gasteiger partial charge in [0.2, 0.25) is 0 Å². The molecular formula is C22H16O4. The van der Waals surface area contributed by atoms with Crippen molar-refractivity contribution in [3.8, 4) is 11.3 Å². The number of esters is 1. The van der Waals surface area contributed by atoms with Gasteiger partial charge in [-0.3, -0.25) is 4.79 Å². The molecule has 2 aromatic carbocycles. The van der Waals surface area contributed by atoms with Crippen LogP contribution in [0.1, 0.15) is 32.0 Å². The van der Waals surface area contributed by atoms with Crippen LogP contribution in [0.15, 0.2) is 70.7 Å². The lowest BCUT2D eigenvalue weighted by Gasteiger charge is -2.04. The molecule has 0 aliphatic heterocycles. The van der Waals surface area contributed by atoms with Gasteiger partial charge in [0, 0.05) is 23.1 Å². The summed E-state index contributed by atoms with van der Waals surface area (Å²) in [6, 6.07) is 18.3. The van der Waals surface area contributed by atoms with Gasteiger partial charge >= 0.3 is 5.97 Å². The third-order valence-corrected chi connectivity index (χ3v) is 4.48. The molecule has 0 unspecified atom stereocenters. The van der Waals surface area contributed by atoms with Gasteiger partial charge in [-0.05, 0) is 29.8 Å². The zero-order chi connectivity index (χ0) is 18.1. The van der Waals surface area contributed by atoms with E-state index >= 15 is 0 Å². The van der Waals surface area contributed by atoms with Crippen molar-refractivity contribution in [2.45, 2.75) is 6.42 Å². The van der Waals surface area contributed by atoms with Gasteiger partial charge in [0.1, 0.15) is 11.5 Å². The number of allylic oxidation sites excluding steroid dienone is 1. The van der Waals surface area contributed by atoms with E-state index in [1.807, 2.05) is 30.3 Å². The highest BCUT2D eigenvalue weighted by Crippen LogP contribution is 2.30. The first-order chi connectivity index (χ1) is 12.7. The lowest BCUT2D eigenvalue weighted by molar-refractivity contribution is 0.0601. The van der Waals surface area contributed by atoms with Crippen molar-refractivity contribution >= 4 is 17.8 Å². The topological polar surface area (TPSA) is 56.5 Å². The van der Waals surface area contributed by atoms with Gasteiger partial charge in [-0.25, -0.2) is 4.79 Å². The third-order valence-electron chi connectivity index (χ3n) is 4.48. The fourth-order valence-electron chi connectivity index (χ4n) is 3.20. The number of ether oxygens (including phenoxy) is 1. The van der Waals surface area contributed by atoms with Gasteiger partial charge in [-0.1, -0.05) is 42.5 Å². The fourth-order valence-corrected chi connectivity index (χ4v) is 3.20. The summed E-state index contributed by atoms with van der Waals surface area (Å²) in [7, 11) is 1.35. The Bertz CT molecular complexity index is 1040. The van der Waals surface area contributed by atoms with Gasteiger partial charge in [-0.15, -0.1) is 0 Å². The highest BCUT2D eigenvalue weighted by molar-refractivity contribution is 6.15. The minimum absolute atomic E-state index is 0.0357. The van der Waals surface area contributed by atoms with Crippen molar-refractivity contribution in [1.82, 2.24) is 0 Å². The number of hydrogen-bond donors (Lipinski definition) is 0. The number of carbonyl (C=O) groups is 2. The molecule has 1 heterocycles. The molecule has 3 aromatic rings. The van der Waals surface area contributed by atoms with Crippen LogP contribution in [-0.2, 0) is 11.2 Å². The molecule has 0 fully saturated rings. The van der Waals surface area contributed by atoms with Crippen LogP contribution in [-0.4, -0.2) is 18.9 Å². The molecule has 4 nitrogen and oxygen atoms in total. The summed E-state index contributed by atoms with van der Waals surface area (Å²) in [5.41, 5.74) is 3.58. The lowest BCUT2D eigenvalue weighted by atomic mass is 10.1. The highest BCUT2D eigenvalue weighted by atomic mass is 16.5. The van der Waals surface area contributed by atoms with Crippen LogP contribution in [0.25, 0.3) is 17.4 Å². The molecule has 1 aliphatic rings. The smallest absolute Gasteiger partial charge is 0.338 e. The minimum atomic E-state index is -0.418. The van der Waals surface area contributed by atoms with E-state index < -0.39 is 5.97 Å². The zero-order valence-corrected chi connectivity index (χ0v) is 14.2. The molecule has 0 bridgehead atoms. The molecule has 4 heteroatoms. The number of rotatable bonds is 3. The molecule has 0 atom stereocenters. The predicted molar refractivity (Wildman–Crippen MR) is 97.9 cm³/mol. The van der Waals surface area contributed by atoms with Crippen LogP contribution in [0, 0.1) is 0 Å². The lowest BCUT2D eigenvalue weighted by Crippen LogP contribution is -2.02. The number of furan rings is 1. The van der Waals surface area contributed by atoms with Crippen LogP contribution in [0.4, 0.5) is 0 Å². The Kier molecular flexibility index (Phi) is 4.01. The number of carbonyl (C=O) groups excluding carboxylic acids is 2. The van der Waals surface area contributed by atoms with E-state index in [0.717, 1.165) is 11.1 Å². The summed E-state index contributed by atoms with van der Waals surface area (Å²) < 4.78 is 10.7. The average molecular weight is 344 g/mol. The second-order valence-corrected chi connectivity index (χ2v) is 6.07. The van der Waals surface area contributed by atoms with Gasteiger partial charge in [0.05, 0.1) is 12.7 Å². The van der Waals surface area contributed by atoms with E-state index in [1.54, 1.807) is 36.4 Å². The second kappa shape index (κ2) is 6.48. The first-order valence-electron chi connectivity index (χ1n) is 8.28. The quantitative estimate of drug-likeness (QED) is 0.516. The number of Topliss-reactive ketones (excluding diaryl/α,β-unsaturated/α-hetero) is 1. The SMILES string of the molecule is COC(=O)c1ccccc1-c1ccc(C=C2Cc3ccccc3C2=O)o1. The Labute approximate surface area is 150 Å². The summed E-state index contributed by atoms with van der Waals surface area (Å²) >= 11 is 0. The van der Waals surface area contributed by atoms with Crippen LogP contribution in [0.5, 0.6) is 0 Å². The maximum atomic E-state index is 12.5. The number of fused-ring (bicyclic) bond motifs is 1. The Morgan fingerprint density at radius 1 is 1.00 bits per heavy atom. The maximum Gasteiger partial charge on any atom is 0.338 e. The van der Waals surface area contributed by atoms with E-state index in [1.165, 1.54) is 7.11 Å². The molecule has 128 valence electrons. The summed E-state index contributed by atoms with van der Waals surface area (Å²) in [4.78, 5) is 24.4. The van der Waals surface area contributed by atoms with Crippen LogP contribution >= 0.6 is 0 Å². The molecule has 0 amide bonds.